The van der Waals surface area contributed by atoms with Gasteiger partial charge in [-0.2, -0.15) is 0 Å². The molecule has 0 saturated carbocycles. The average molecular weight is 220 g/mol. The fourth-order valence-corrected chi connectivity index (χ4v) is 3.52. The van der Waals surface area contributed by atoms with Gasteiger partial charge in [0.25, 0.3) is 0 Å². The Morgan fingerprint density at radius 3 is 2.71 bits per heavy atom. The number of nitrogens with one attached hydrogen (secondary N) is 1. The van der Waals surface area contributed by atoms with E-state index in [1.54, 1.807) is 4.31 Å². The van der Waals surface area contributed by atoms with Crippen LogP contribution in [0.4, 0.5) is 0 Å². The summed E-state index contributed by atoms with van der Waals surface area (Å²) in [6.45, 7) is 4.30. The molecule has 14 heavy (non-hydrogen) atoms. The van der Waals surface area contributed by atoms with Gasteiger partial charge < -0.3 is 5.32 Å². The summed E-state index contributed by atoms with van der Waals surface area (Å²) in [5.41, 5.74) is 0. The van der Waals surface area contributed by atoms with Crippen LogP contribution < -0.4 is 5.32 Å². The third-order valence-electron chi connectivity index (χ3n) is 2.52. The van der Waals surface area contributed by atoms with E-state index in [9.17, 15) is 8.42 Å². The molecule has 0 aromatic heterocycles. The van der Waals surface area contributed by atoms with Crippen molar-refractivity contribution in [3.05, 3.63) is 0 Å². The maximum atomic E-state index is 11.6. The van der Waals surface area contributed by atoms with E-state index in [-0.39, 0.29) is 0 Å². The lowest BCUT2D eigenvalue weighted by atomic mass is 10.2. The number of nitrogens with zero attached hydrogens (tertiary/aromatic N) is 1. The van der Waals surface area contributed by atoms with Crippen LogP contribution in [0.15, 0.2) is 0 Å². The molecule has 0 aromatic rings. The van der Waals surface area contributed by atoms with Gasteiger partial charge in [-0.15, -0.1) is 0 Å². The Bertz CT molecular complexity index is 264. The Kier molecular flexibility index (Phi) is 4.34. The van der Waals surface area contributed by atoms with Crippen molar-refractivity contribution in [3.8, 4) is 0 Å². The largest absolute Gasteiger partial charge is 0.319 e. The van der Waals surface area contributed by atoms with E-state index in [4.69, 9.17) is 0 Å². The Labute approximate surface area is 86.7 Å². The Balaban J connectivity index is 2.49. The first-order valence-electron chi connectivity index (χ1n) is 5.18. The maximum absolute atomic E-state index is 11.6. The molecule has 1 atom stereocenters. The normalized spacial score (nSPS) is 24.7. The summed E-state index contributed by atoms with van der Waals surface area (Å²) in [5.74, 6) is 0.715. The molecule has 0 amide bonds. The van der Waals surface area contributed by atoms with E-state index in [1.165, 1.54) is 0 Å². The molecule has 1 saturated heterocycles. The smallest absolute Gasteiger partial charge is 0.214 e. The van der Waals surface area contributed by atoms with Crippen LogP contribution in [0.3, 0.4) is 0 Å². The number of sulfonamides is 1. The van der Waals surface area contributed by atoms with Gasteiger partial charge in [0.1, 0.15) is 0 Å². The van der Waals surface area contributed by atoms with Gasteiger partial charge in [0.05, 0.1) is 5.75 Å². The second-order valence-corrected chi connectivity index (χ2v) is 6.13. The van der Waals surface area contributed by atoms with Gasteiger partial charge in [-0.05, 0) is 32.4 Å². The zero-order chi connectivity index (χ0) is 10.6. The van der Waals surface area contributed by atoms with E-state index >= 15 is 0 Å². The molecule has 0 aliphatic carbocycles. The van der Waals surface area contributed by atoms with Gasteiger partial charge in [-0.1, -0.05) is 6.92 Å². The lowest BCUT2D eigenvalue weighted by Crippen LogP contribution is -2.41. The maximum Gasteiger partial charge on any atom is 0.214 e. The zero-order valence-corrected chi connectivity index (χ0v) is 9.81. The van der Waals surface area contributed by atoms with Crippen molar-refractivity contribution in [2.24, 2.45) is 5.92 Å². The molecule has 0 aromatic carbocycles. The minimum Gasteiger partial charge on any atom is -0.319 e. The van der Waals surface area contributed by atoms with Crippen LogP contribution in [0, 0.1) is 5.92 Å². The molecular formula is C9H20N2O2S. The topological polar surface area (TPSA) is 49.4 Å². The Morgan fingerprint density at radius 1 is 1.43 bits per heavy atom. The van der Waals surface area contributed by atoms with Crippen molar-refractivity contribution in [3.63, 3.8) is 0 Å². The predicted octanol–water partition coefficient (Wildman–Crippen LogP) is 0.267. The first-order valence-corrected chi connectivity index (χ1v) is 6.79. The van der Waals surface area contributed by atoms with Gasteiger partial charge in [-0.3, -0.25) is 0 Å². The molecule has 0 bridgehead atoms. The van der Waals surface area contributed by atoms with Crippen LogP contribution in [0.5, 0.6) is 0 Å². The molecule has 1 rings (SSSR count). The highest BCUT2D eigenvalue weighted by Gasteiger charge is 2.26. The molecule has 4 nitrogen and oxygen atoms in total. The Hall–Kier alpha value is -0.130. The highest BCUT2D eigenvalue weighted by Crippen LogP contribution is 2.14. The van der Waals surface area contributed by atoms with Crippen molar-refractivity contribution >= 4 is 10.0 Å². The summed E-state index contributed by atoms with van der Waals surface area (Å²) in [6.07, 6.45) is 1.82. The van der Waals surface area contributed by atoms with Crippen molar-refractivity contribution in [1.82, 2.24) is 9.62 Å². The predicted molar refractivity (Wildman–Crippen MR) is 57.7 cm³/mol. The second kappa shape index (κ2) is 5.09. The summed E-state index contributed by atoms with van der Waals surface area (Å²) in [7, 11) is -1.04. The van der Waals surface area contributed by atoms with E-state index < -0.39 is 10.0 Å². The molecule has 84 valence electrons. The lowest BCUT2D eigenvalue weighted by Gasteiger charge is -2.28. The van der Waals surface area contributed by atoms with Crippen molar-refractivity contribution in [1.29, 1.82) is 0 Å². The standard InChI is InChI=1S/C9H20N2O2S/c1-9(7-10-2)8-11-5-3-4-6-14(11,12)13/h9-10H,3-8H2,1-2H3. The monoisotopic (exact) mass is 220 g/mol. The van der Waals surface area contributed by atoms with E-state index in [2.05, 4.69) is 12.2 Å². The number of hydrogen-bond acceptors (Lipinski definition) is 3. The molecule has 1 N–H and O–H groups in total. The summed E-state index contributed by atoms with van der Waals surface area (Å²) < 4.78 is 24.9. The van der Waals surface area contributed by atoms with Crippen molar-refractivity contribution in [2.75, 3.05) is 32.4 Å². The van der Waals surface area contributed by atoms with E-state index in [0.717, 1.165) is 19.4 Å². The van der Waals surface area contributed by atoms with Gasteiger partial charge in [0.2, 0.25) is 10.0 Å². The summed E-state index contributed by atoms with van der Waals surface area (Å²) in [6, 6.07) is 0. The molecule has 5 heteroatoms. The van der Waals surface area contributed by atoms with Crippen LogP contribution in [-0.4, -0.2) is 45.2 Å². The lowest BCUT2D eigenvalue weighted by molar-refractivity contribution is 0.332. The molecule has 0 spiro atoms. The van der Waals surface area contributed by atoms with Crippen LogP contribution in [0.2, 0.25) is 0 Å². The van der Waals surface area contributed by atoms with E-state index in [1.807, 2.05) is 7.05 Å². The highest BCUT2D eigenvalue weighted by molar-refractivity contribution is 7.89. The molecule has 1 aliphatic heterocycles. The number of hydrogen-bond donors (Lipinski definition) is 1. The SMILES string of the molecule is CNCC(C)CN1CCCCS1(=O)=O. The van der Waals surface area contributed by atoms with Gasteiger partial charge in [-0.25, -0.2) is 12.7 Å². The number of rotatable bonds is 4. The zero-order valence-electron chi connectivity index (χ0n) is 8.99. The molecular weight excluding hydrogens is 200 g/mol. The quantitative estimate of drug-likeness (QED) is 0.740. The first kappa shape index (κ1) is 11.9. The van der Waals surface area contributed by atoms with E-state index in [0.29, 0.717) is 24.8 Å². The highest BCUT2D eigenvalue weighted by atomic mass is 32.2. The van der Waals surface area contributed by atoms with Gasteiger partial charge in [0, 0.05) is 13.1 Å². The third kappa shape index (κ3) is 3.22. The van der Waals surface area contributed by atoms with Gasteiger partial charge in [0.15, 0.2) is 0 Å². The second-order valence-electron chi connectivity index (χ2n) is 4.04. The molecule has 1 unspecified atom stereocenters. The van der Waals surface area contributed by atoms with Gasteiger partial charge >= 0.3 is 0 Å². The van der Waals surface area contributed by atoms with Crippen molar-refractivity contribution < 1.29 is 8.42 Å². The summed E-state index contributed by atoms with van der Waals surface area (Å²) in [5, 5.41) is 3.06. The minimum absolute atomic E-state index is 0.333. The summed E-state index contributed by atoms with van der Waals surface area (Å²) in [4.78, 5) is 0. The van der Waals surface area contributed by atoms with Crippen LogP contribution >= 0.6 is 0 Å². The first-order chi connectivity index (χ1) is 6.56. The average Bonchev–Trinajstić information content (AvgIpc) is 2.09. The molecule has 1 aliphatic rings. The molecule has 0 radical (unpaired) electrons. The Morgan fingerprint density at radius 2 is 2.14 bits per heavy atom. The van der Waals surface area contributed by atoms with Crippen LogP contribution in [0.1, 0.15) is 19.8 Å². The van der Waals surface area contributed by atoms with Crippen LogP contribution in [0.25, 0.3) is 0 Å². The third-order valence-corrected chi connectivity index (χ3v) is 4.44. The summed E-state index contributed by atoms with van der Waals surface area (Å²) >= 11 is 0. The van der Waals surface area contributed by atoms with Crippen LogP contribution in [-0.2, 0) is 10.0 Å². The minimum atomic E-state index is -2.93. The molecule has 1 fully saturated rings. The van der Waals surface area contributed by atoms with Crippen molar-refractivity contribution in [2.45, 2.75) is 19.8 Å². The fourth-order valence-electron chi connectivity index (χ4n) is 1.81. The fraction of sp³-hybridized carbons (Fsp3) is 1.00. The molecule has 1 heterocycles.